The van der Waals surface area contributed by atoms with Crippen LogP contribution in [0.4, 0.5) is 11.4 Å². The number of benzene rings is 3. The van der Waals surface area contributed by atoms with Crippen molar-refractivity contribution >= 4 is 40.1 Å². The summed E-state index contributed by atoms with van der Waals surface area (Å²) in [4.78, 5) is 30.8. The first kappa shape index (κ1) is 24.3. The standard InChI is InChI=1S/C28H28N4O2S/c1-18-11-10-12-19(2)25(18)31-23(33)17-35-28-29-20(3)24(26(32-28)21-13-6-4-7-14-21)27(34)30-22-15-8-5-9-16-22/h4-16,26H,17H2,1-3H3,(H,29,32)(H,30,34)(H,31,33)/t26-/m1/s1. The number of hydrogen-bond acceptors (Lipinski definition) is 5. The van der Waals surface area contributed by atoms with Gasteiger partial charge in [-0.15, -0.1) is 0 Å². The smallest absolute Gasteiger partial charge is 0.255 e. The third kappa shape index (κ3) is 6.00. The molecule has 4 rings (SSSR count). The number of nitrogens with zero attached hydrogens (tertiary/aromatic N) is 1. The highest BCUT2D eigenvalue weighted by Gasteiger charge is 2.29. The maximum atomic E-state index is 13.3. The molecule has 6 nitrogen and oxygen atoms in total. The molecular formula is C28H28N4O2S. The molecular weight excluding hydrogens is 456 g/mol. The van der Waals surface area contributed by atoms with Gasteiger partial charge in [0.2, 0.25) is 5.91 Å². The Morgan fingerprint density at radius 1 is 0.857 bits per heavy atom. The summed E-state index contributed by atoms with van der Waals surface area (Å²) in [5, 5.41) is 9.80. The van der Waals surface area contributed by atoms with Crippen LogP contribution in [0, 0.1) is 13.8 Å². The third-order valence-electron chi connectivity index (χ3n) is 5.70. The summed E-state index contributed by atoms with van der Waals surface area (Å²) >= 11 is 1.32. The second-order valence-electron chi connectivity index (χ2n) is 8.33. The SMILES string of the molecule is CC1=C(C(=O)Nc2ccccc2)[C@@H](c2ccccc2)N=C(SCC(=O)Nc2c(C)cccc2C)N1. The van der Waals surface area contributed by atoms with Crippen LogP contribution in [0.25, 0.3) is 0 Å². The summed E-state index contributed by atoms with van der Waals surface area (Å²) in [6.45, 7) is 5.81. The lowest BCUT2D eigenvalue weighted by Gasteiger charge is -2.26. The van der Waals surface area contributed by atoms with Gasteiger partial charge in [0, 0.05) is 17.1 Å². The number of hydrogen-bond donors (Lipinski definition) is 3. The van der Waals surface area contributed by atoms with E-state index in [9.17, 15) is 9.59 Å². The highest BCUT2D eigenvalue weighted by Crippen LogP contribution is 2.33. The van der Waals surface area contributed by atoms with E-state index in [1.165, 1.54) is 11.8 Å². The van der Waals surface area contributed by atoms with Crippen LogP contribution in [0.15, 0.2) is 95.1 Å². The highest BCUT2D eigenvalue weighted by molar-refractivity contribution is 8.14. The van der Waals surface area contributed by atoms with Crippen LogP contribution in [-0.4, -0.2) is 22.7 Å². The van der Waals surface area contributed by atoms with Crippen molar-refractivity contribution in [1.82, 2.24) is 5.32 Å². The number of amidine groups is 1. The zero-order valence-electron chi connectivity index (χ0n) is 20.0. The average molecular weight is 485 g/mol. The Morgan fingerprint density at radius 2 is 1.49 bits per heavy atom. The molecule has 0 aromatic heterocycles. The minimum absolute atomic E-state index is 0.109. The maximum Gasteiger partial charge on any atom is 0.255 e. The summed E-state index contributed by atoms with van der Waals surface area (Å²) in [6.07, 6.45) is 0. The Morgan fingerprint density at radius 3 is 2.14 bits per heavy atom. The molecule has 35 heavy (non-hydrogen) atoms. The van der Waals surface area contributed by atoms with Crippen LogP contribution in [0.2, 0.25) is 0 Å². The van der Waals surface area contributed by atoms with Gasteiger partial charge < -0.3 is 16.0 Å². The molecule has 0 radical (unpaired) electrons. The van der Waals surface area contributed by atoms with E-state index in [2.05, 4.69) is 16.0 Å². The van der Waals surface area contributed by atoms with Crippen LogP contribution >= 0.6 is 11.8 Å². The number of aryl methyl sites for hydroxylation is 2. The predicted octanol–water partition coefficient (Wildman–Crippen LogP) is 5.59. The Kier molecular flexibility index (Phi) is 7.67. The molecule has 0 bridgehead atoms. The quantitative estimate of drug-likeness (QED) is 0.426. The van der Waals surface area contributed by atoms with Crippen molar-refractivity contribution in [2.75, 3.05) is 16.4 Å². The Hall–Kier alpha value is -3.84. The molecule has 2 amide bonds. The summed E-state index contributed by atoms with van der Waals surface area (Å²) in [7, 11) is 0. The molecule has 1 aliphatic rings. The second kappa shape index (κ2) is 11.1. The Balaban J connectivity index is 1.51. The number of rotatable bonds is 6. The molecule has 3 aromatic rings. The molecule has 7 heteroatoms. The first-order chi connectivity index (χ1) is 16.9. The van der Waals surface area contributed by atoms with Crippen molar-refractivity contribution < 1.29 is 9.59 Å². The van der Waals surface area contributed by atoms with Crippen LogP contribution in [0.3, 0.4) is 0 Å². The van der Waals surface area contributed by atoms with Crippen molar-refractivity contribution in [1.29, 1.82) is 0 Å². The molecule has 3 aromatic carbocycles. The van der Waals surface area contributed by atoms with Gasteiger partial charge in [-0.3, -0.25) is 9.59 Å². The van der Waals surface area contributed by atoms with E-state index in [-0.39, 0.29) is 17.6 Å². The van der Waals surface area contributed by atoms with Gasteiger partial charge in [0.15, 0.2) is 5.17 Å². The van der Waals surface area contributed by atoms with Gasteiger partial charge in [-0.2, -0.15) is 0 Å². The molecule has 1 atom stereocenters. The molecule has 0 aliphatic carbocycles. The van der Waals surface area contributed by atoms with Gasteiger partial charge >= 0.3 is 0 Å². The highest BCUT2D eigenvalue weighted by atomic mass is 32.2. The molecule has 3 N–H and O–H groups in total. The van der Waals surface area contributed by atoms with Gasteiger partial charge in [0.25, 0.3) is 5.91 Å². The number of anilines is 2. The molecule has 0 unspecified atom stereocenters. The van der Waals surface area contributed by atoms with E-state index in [4.69, 9.17) is 4.99 Å². The first-order valence-corrected chi connectivity index (χ1v) is 12.4. The maximum absolute atomic E-state index is 13.3. The molecule has 0 spiro atoms. The minimum atomic E-state index is -0.481. The molecule has 1 aliphatic heterocycles. The molecule has 0 fully saturated rings. The van der Waals surface area contributed by atoms with Crippen LogP contribution in [0.1, 0.15) is 29.7 Å². The number of carbonyl (C=O) groups excluding carboxylic acids is 2. The third-order valence-corrected chi connectivity index (χ3v) is 6.58. The lowest BCUT2D eigenvalue weighted by Crippen LogP contribution is -2.32. The van der Waals surface area contributed by atoms with E-state index >= 15 is 0 Å². The zero-order chi connectivity index (χ0) is 24.8. The predicted molar refractivity (Wildman–Crippen MR) is 145 cm³/mol. The van der Waals surface area contributed by atoms with Gasteiger partial charge in [-0.05, 0) is 49.6 Å². The van der Waals surface area contributed by atoms with E-state index in [0.29, 0.717) is 16.4 Å². The van der Waals surface area contributed by atoms with Crippen LogP contribution in [-0.2, 0) is 9.59 Å². The monoisotopic (exact) mass is 484 g/mol. The molecule has 0 saturated heterocycles. The lowest BCUT2D eigenvalue weighted by molar-refractivity contribution is -0.114. The van der Waals surface area contributed by atoms with Gasteiger partial charge in [-0.1, -0.05) is 78.5 Å². The summed E-state index contributed by atoms with van der Waals surface area (Å²) in [5.74, 6) is -0.127. The minimum Gasteiger partial charge on any atom is -0.338 e. The molecule has 0 saturated carbocycles. The number of aliphatic imine (C=N–C) groups is 1. The van der Waals surface area contributed by atoms with Crippen molar-refractivity contribution in [2.24, 2.45) is 4.99 Å². The summed E-state index contributed by atoms with van der Waals surface area (Å²) in [6, 6.07) is 24.5. The normalized spacial score (nSPS) is 15.2. The zero-order valence-corrected chi connectivity index (χ0v) is 20.8. The fourth-order valence-corrected chi connectivity index (χ4v) is 4.68. The summed E-state index contributed by atoms with van der Waals surface area (Å²) < 4.78 is 0. The van der Waals surface area contributed by atoms with Crippen molar-refractivity contribution in [3.05, 3.63) is 107 Å². The number of thioether (sulfide) groups is 1. The van der Waals surface area contributed by atoms with Gasteiger partial charge in [-0.25, -0.2) is 4.99 Å². The fraction of sp³-hybridized carbons (Fsp3) is 0.179. The van der Waals surface area contributed by atoms with E-state index in [1.54, 1.807) is 0 Å². The fourth-order valence-electron chi connectivity index (χ4n) is 3.93. The lowest BCUT2D eigenvalue weighted by atomic mass is 9.96. The number of carbonyl (C=O) groups is 2. The molecule has 178 valence electrons. The van der Waals surface area contributed by atoms with Gasteiger partial charge in [0.1, 0.15) is 6.04 Å². The summed E-state index contributed by atoms with van der Waals surface area (Å²) in [5.41, 5.74) is 5.77. The Bertz CT molecular complexity index is 1270. The Labute approximate surface area is 209 Å². The average Bonchev–Trinajstić information content (AvgIpc) is 2.86. The van der Waals surface area contributed by atoms with Crippen LogP contribution < -0.4 is 16.0 Å². The van der Waals surface area contributed by atoms with Crippen molar-refractivity contribution in [2.45, 2.75) is 26.8 Å². The van der Waals surface area contributed by atoms with Crippen LogP contribution in [0.5, 0.6) is 0 Å². The number of nitrogens with one attached hydrogen (secondary N) is 3. The number of allylic oxidation sites excluding steroid dienone is 1. The van der Waals surface area contributed by atoms with Gasteiger partial charge in [0.05, 0.1) is 11.3 Å². The topological polar surface area (TPSA) is 82.6 Å². The molecule has 1 heterocycles. The van der Waals surface area contributed by atoms with Crippen molar-refractivity contribution in [3.63, 3.8) is 0 Å². The van der Waals surface area contributed by atoms with E-state index < -0.39 is 6.04 Å². The number of amides is 2. The largest absolute Gasteiger partial charge is 0.338 e. The first-order valence-electron chi connectivity index (χ1n) is 11.4. The van der Waals surface area contributed by atoms with E-state index in [0.717, 1.165) is 28.1 Å². The van der Waals surface area contributed by atoms with Crippen molar-refractivity contribution in [3.8, 4) is 0 Å². The van der Waals surface area contributed by atoms with E-state index in [1.807, 2.05) is 99.6 Å². The number of para-hydroxylation sites is 2. The second-order valence-corrected chi connectivity index (χ2v) is 9.30.